The van der Waals surface area contributed by atoms with E-state index in [-0.39, 0.29) is 0 Å². The fourth-order valence-corrected chi connectivity index (χ4v) is 2.27. The molecule has 0 bridgehead atoms. The molecule has 0 radical (unpaired) electrons. The van der Waals surface area contributed by atoms with Crippen molar-refractivity contribution in [3.05, 3.63) is 36.9 Å². The van der Waals surface area contributed by atoms with Crippen LogP contribution >= 0.6 is 0 Å². The number of hydrogen-bond acceptors (Lipinski definition) is 6. The Morgan fingerprint density at radius 3 is 2.87 bits per heavy atom. The summed E-state index contributed by atoms with van der Waals surface area (Å²) >= 11 is 0. The SMILES string of the molecule is COCCCNc1nc(-n2ccnc2)nc2ccc(OC)cc12. The highest BCUT2D eigenvalue weighted by molar-refractivity contribution is 5.90. The second-order valence-electron chi connectivity index (χ2n) is 5.00. The van der Waals surface area contributed by atoms with Gasteiger partial charge < -0.3 is 14.8 Å². The molecule has 0 unspecified atom stereocenters. The number of anilines is 1. The normalized spacial score (nSPS) is 10.9. The largest absolute Gasteiger partial charge is 0.497 e. The van der Waals surface area contributed by atoms with E-state index in [1.807, 2.05) is 24.4 Å². The molecule has 7 nitrogen and oxygen atoms in total. The van der Waals surface area contributed by atoms with E-state index in [4.69, 9.17) is 9.47 Å². The third-order valence-electron chi connectivity index (χ3n) is 3.44. The van der Waals surface area contributed by atoms with E-state index in [0.29, 0.717) is 12.6 Å². The van der Waals surface area contributed by atoms with Gasteiger partial charge in [-0.05, 0) is 24.6 Å². The zero-order chi connectivity index (χ0) is 16.1. The maximum absolute atomic E-state index is 5.30. The lowest BCUT2D eigenvalue weighted by molar-refractivity contribution is 0.198. The lowest BCUT2D eigenvalue weighted by Gasteiger charge is -2.12. The van der Waals surface area contributed by atoms with E-state index in [1.165, 1.54) is 0 Å². The molecule has 1 aromatic carbocycles. The zero-order valence-electron chi connectivity index (χ0n) is 13.2. The van der Waals surface area contributed by atoms with E-state index in [0.717, 1.165) is 35.4 Å². The van der Waals surface area contributed by atoms with Gasteiger partial charge in [0.2, 0.25) is 5.95 Å². The van der Waals surface area contributed by atoms with Gasteiger partial charge in [-0.2, -0.15) is 4.98 Å². The van der Waals surface area contributed by atoms with Crippen LogP contribution in [0.25, 0.3) is 16.9 Å². The first-order valence-electron chi connectivity index (χ1n) is 7.39. The first kappa shape index (κ1) is 15.2. The summed E-state index contributed by atoms with van der Waals surface area (Å²) in [4.78, 5) is 13.3. The van der Waals surface area contributed by atoms with Gasteiger partial charge in [0.1, 0.15) is 17.9 Å². The highest BCUT2D eigenvalue weighted by Gasteiger charge is 2.10. The van der Waals surface area contributed by atoms with Crippen LogP contribution in [0.2, 0.25) is 0 Å². The van der Waals surface area contributed by atoms with Crippen LogP contribution in [-0.2, 0) is 4.74 Å². The summed E-state index contributed by atoms with van der Waals surface area (Å²) < 4.78 is 12.2. The number of nitrogens with one attached hydrogen (secondary N) is 1. The highest BCUT2D eigenvalue weighted by atomic mass is 16.5. The maximum Gasteiger partial charge on any atom is 0.237 e. The summed E-state index contributed by atoms with van der Waals surface area (Å²) in [5.41, 5.74) is 0.846. The van der Waals surface area contributed by atoms with Crippen LogP contribution in [-0.4, -0.2) is 46.9 Å². The van der Waals surface area contributed by atoms with Crippen molar-refractivity contribution in [1.29, 1.82) is 0 Å². The van der Waals surface area contributed by atoms with E-state index in [2.05, 4.69) is 20.3 Å². The molecule has 0 aliphatic heterocycles. The predicted octanol–water partition coefficient (Wildman–Crippen LogP) is 2.27. The lowest BCUT2D eigenvalue weighted by atomic mass is 10.2. The van der Waals surface area contributed by atoms with E-state index in [1.54, 1.807) is 31.3 Å². The van der Waals surface area contributed by atoms with Crippen molar-refractivity contribution in [2.75, 3.05) is 32.7 Å². The van der Waals surface area contributed by atoms with Crippen molar-refractivity contribution in [2.45, 2.75) is 6.42 Å². The molecule has 0 atom stereocenters. The van der Waals surface area contributed by atoms with Crippen LogP contribution in [0.15, 0.2) is 36.9 Å². The van der Waals surface area contributed by atoms with Crippen molar-refractivity contribution in [3.63, 3.8) is 0 Å². The van der Waals surface area contributed by atoms with Crippen LogP contribution in [0.3, 0.4) is 0 Å². The summed E-state index contributed by atoms with van der Waals surface area (Å²) in [7, 11) is 3.34. The topological polar surface area (TPSA) is 74.1 Å². The molecule has 23 heavy (non-hydrogen) atoms. The summed E-state index contributed by atoms with van der Waals surface area (Å²) in [6.45, 7) is 1.47. The Balaban J connectivity index is 2.00. The van der Waals surface area contributed by atoms with Gasteiger partial charge in [0.15, 0.2) is 0 Å². The molecule has 3 aromatic rings. The Morgan fingerprint density at radius 2 is 2.13 bits per heavy atom. The minimum Gasteiger partial charge on any atom is -0.497 e. The van der Waals surface area contributed by atoms with Crippen molar-refractivity contribution in [2.24, 2.45) is 0 Å². The molecule has 120 valence electrons. The Kier molecular flexibility index (Phi) is 4.68. The van der Waals surface area contributed by atoms with Crippen molar-refractivity contribution >= 4 is 16.7 Å². The number of fused-ring (bicyclic) bond motifs is 1. The molecular weight excluding hydrogens is 294 g/mol. The molecule has 2 aromatic heterocycles. The molecule has 0 aliphatic carbocycles. The molecular formula is C16H19N5O2. The van der Waals surface area contributed by atoms with Crippen molar-refractivity contribution in [3.8, 4) is 11.7 Å². The molecule has 0 amide bonds. The quantitative estimate of drug-likeness (QED) is 0.675. The monoisotopic (exact) mass is 313 g/mol. The fraction of sp³-hybridized carbons (Fsp3) is 0.312. The van der Waals surface area contributed by atoms with E-state index >= 15 is 0 Å². The van der Waals surface area contributed by atoms with Gasteiger partial charge in [-0.3, -0.25) is 4.57 Å². The molecule has 0 saturated heterocycles. The Bertz CT molecular complexity index is 773. The molecule has 0 fully saturated rings. The second-order valence-corrected chi connectivity index (χ2v) is 5.00. The van der Waals surface area contributed by atoms with Gasteiger partial charge in [0.05, 0.1) is 12.6 Å². The number of nitrogens with zero attached hydrogens (tertiary/aromatic N) is 4. The predicted molar refractivity (Wildman–Crippen MR) is 88.2 cm³/mol. The van der Waals surface area contributed by atoms with Crippen molar-refractivity contribution < 1.29 is 9.47 Å². The molecule has 1 N–H and O–H groups in total. The molecule has 7 heteroatoms. The number of imidazole rings is 1. The Morgan fingerprint density at radius 1 is 1.22 bits per heavy atom. The maximum atomic E-state index is 5.30. The molecule has 0 saturated carbocycles. The minimum absolute atomic E-state index is 0.578. The highest BCUT2D eigenvalue weighted by Crippen LogP contribution is 2.26. The molecule has 0 aliphatic rings. The van der Waals surface area contributed by atoms with Gasteiger partial charge in [-0.25, -0.2) is 9.97 Å². The summed E-state index contributed by atoms with van der Waals surface area (Å²) in [6.07, 6.45) is 6.10. The zero-order valence-corrected chi connectivity index (χ0v) is 13.2. The number of methoxy groups -OCH3 is 2. The average Bonchev–Trinajstić information content (AvgIpc) is 3.12. The number of ether oxygens (including phenoxy) is 2. The smallest absolute Gasteiger partial charge is 0.237 e. The van der Waals surface area contributed by atoms with Crippen LogP contribution in [0.5, 0.6) is 5.75 Å². The van der Waals surface area contributed by atoms with Gasteiger partial charge in [-0.15, -0.1) is 0 Å². The fourth-order valence-electron chi connectivity index (χ4n) is 2.27. The number of rotatable bonds is 7. The Hall–Kier alpha value is -2.67. The second kappa shape index (κ2) is 7.06. The van der Waals surface area contributed by atoms with Crippen LogP contribution in [0.1, 0.15) is 6.42 Å². The third-order valence-corrected chi connectivity index (χ3v) is 3.44. The number of benzene rings is 1. The third kappa shape index (κ3) is 3.40. The van der Waals surface area contributed by atoms with Gasteiger partial charge >= 0.3 is 0 Å². The average molecular weight is 313 g/mol. The summed E-state index contributed by atoms with van der Waals surface area (Å²) in [6, 6.07) is 5.75. The molecule has 2 heterocycles. The molecule has 3 rings (SSSR count). The number of hydrogen-bond donors (Lipinski definition) is 1. The first-order valence-corrected chi connectivity index (χ1v) is 7.39. The van der Waals surface area contributed by atoms with Gasteiger partial charge in [-0.1, -0.05) is 0 Å². The molecule has 0 spiro atoms. The Labute approximate surface area is 134 Å². The van der Waals surface area contributed by atoms with Gasteiger partial charge in [0.25, 0.3) is 0 Å². The summed E-state index contributed by atoms with van der Waals surface area (Å²) in [5, 5.41) is 4.28. The van der Waals surface area contributed by atoms with E-state index < -0.39 is 0 Å². The summed E-state index contributed by atoms with van der Waals surface area (Å²) in [5.74, 6) is 2.12. The standard InChI is InChI=1S/C16H19N5O2/c1-22-9-3-6-18-15-13-10-12(23-2)4-5-14(13)19-16(20-15)21-8-7-17-11-21/h4-5,7-8,10-11H,3,6,9H2,1-2H3,(H,18,19,20). The lowest BCUT2D eigenvalue weighted by Crippen LogP contribution is -2.09. The van der Waals surface area contributed by atoms with Gasteiger partial charge in [0, 0.05) is 38.0 Å². The van der Waals surface area contributed by atoms with E-state index in [9.17, 15) is 0 Å². The van der Waals surface area contributed by atoms with Crippen LogP contribution < -0.4 is 10.1 Å². The van der Waals surface area contributed by atoms with Crippen LogP contribution in [0, 0.1) is 0 Å². The van der Waals surface area contributed by atoms with Crippen LogP contribution in [0.4, 0.5) is 5.82 Å². The number of aromatic nitrogens is 4. The van der Waals surface area contributed by atoms with Crippen molar-refractivity contribution in [1.82, 2.24) is 19.5 Å². The first-order chi connectivity index (χ1) is 11.3. The minimum atomic E-state index is 0.578.